The van der Waals surface area contributed by atoms with Crippen LogP contribution in [0.15, 0.2) is 24.4 Å². The quantitative estimate of drug-likeness (QED) is 0.916. The van der Waals surface area contributed by atoms with Crippen molar-refractivity contribution < 1.29 is 4.74 Å². The smallest absolute Gasteiger partial charge is 0.212 e. The van der Waals surface area contributed by atoms with Crippen LogP contribution in [0.5, 0.6) is 5.88 Å². The van der Waals surface area contributed by atoms with Gasteiger partial charge in [-0.3, -0.25) is 4.98 Å². The number of ether oxygens (including phenoxy) is 1. The lowest BCUT2D eigenvalue weighted by atomic mass is 10.0. The van der Waals surface area contributed by atoms with E-state index >= 15 is 0 Å². The van der Waals surface area contributed by atoms with Gasteiger partial charge in [0.15, 0.2) is 0 Å². The highest BCUT2D eigenvalue weighted by molar-refractivity contribution is 5.33. The topological polar surface area (TPSA) is 47.0 Å². The molecule has 2 rings (SSSR count). The molecular weight excluding hydrogens is 262 g/mol. The molecule has 4 heteroatoms. The lowest BCUT2D eigenvalue weighted by molar-refractivity contribution is 0.397. The molecule has 0 saturated heterocycles. The summed E-state index contributed by atoms with van der Waals surface area (Å²) in [7, 11) is 1.62. The molecule has 0 saturated carbocycles. The molecule has 112 valence electrons. The maximum absolute atomic E-state index is 5.07. The first kappa shape index (κ1) is 15.4. The van der Waals surface area contributed by atoms with Crippen LogP contribution < -0.4 is 10.1 Å². The number of aromatic nitrogens is 2. The van der Waals surface area contributed by atoms with Crippen LogP contribution in [0.2, 0.25) is 0 Å². The van der Waals surface area contributed by atoms with E-state index in [2.05, 4.69) is 42.1 Å². The molecule has 1 unspecified atom stereocenters. The van der Waals surface area contributed by atoms with Gasteiger partial charge >= 0.3 is 0 Å². The van der Waals surface area contributed by atoms with Crippen LogP contribution in [0.3, 0.4) is 0 Å². The highest BCUT2D eigenvalue weighted by atomic mass is 16.5. The highest BCUT2D eigenvalue weighted by Gasteiger charge is 2.12. The van der Waals surface area contributed by atoms with E-state index in [-0.39, 0.29) is 6.04 Å². The van der Waals surface area contributed by atoms with Crippen molar-refractivity contribution >= 4 is 0 Å². The van der Waals surface area contributed by atoms with Crippen molar-refractivity contribution in [1.82, 2.24) is 15.3 Å². The summed E-state index contributed by atoms with van der Waals surface area (Å²) in [6.07, 6.45) is 1.84. The molecule has 4 nitrogen and oxygen atoms in total. The van der Waals surface area contributed by atoms with Gasteiger partial charge in [0.25, 0.3) is 0 Å². The van der Waals surface area contributed by atoms with Crippen LogP contribution >= 0.6 is 0 Å². The molecule has 2 heterocycles. The number of hydrogen-bond donors (Lipinski definition) is 1. The maximum Gasteiger partial charge on any atom is 0.212 e. The van der Waals surface area contributed by atoms with Crippen LogP contribution in [-0.4, -0.2) is 17.1 Å². The second-order valence-corrected chi connectivity index (χ2v) is 5.39. The predicted octanol–water partition coefficient (Wildman–Crippen LogP) is 3.26. The fourth-order valence-electron chi connectivity index (χ4n) is 2.70. The summed E-state index contributed by atoms with van der Waals surface area (Å²) < 4.78 is 5.07. The second-order valence-electron chi connectivity index (χ2n) is 5.39. The Morgan fingerprint density at radius 2 is 2.00 bits per heavy atom. The van der Waals surface area contributed by atoms with Crippen molar-refractivity contribution in [3.8, 4) is 5.88 Å². The highest BCUT2D eigenvalue weighted by Crippen LogP contribution is 2.21. The number of nitrogens with zero attached hydrogens (tertiary/aromatic N) is 2. The van der Waals surface area contributed by atoms with E-state index in [9.17, 15) is 0 Å². The minimum atomic E-state index is 0.250. The maximum atomic E-state index is 5.07. The second kappa shape index (κ2) is 6.68. The fraction of sp³-hybridized carbons (Fsp3) is 0.412. The van der Waals surface area contributed by atoms with Gasteiger partial charge in [-0.2, -0.15) is 0 Å². The van der Waals surface area contributed by atoms with E-state index in [4.69, 9.17) is 4.74 Å². The largest absolute Gasteiger partial charge is 0.481 e. The molecule has 0 bridgehead atoms. The van der Waals surface area contributed by atoms with Crippen LogP contribution in [0.4, 0.5) is 0 Å². The third-order valence-corrected chi connectivity index (χ3v) is 3.64. The number of pyridine rings is 2. The average Bonchev–Trinajstić information content (AvgIpc) is 2.44. The summed E-state index contributed by atoms with van der Waals surface area (Å²) >= 11 is 0. The van der Waals surface area contributed by atoms with Gasteiger partial charge in [-0.15, -0.1) is 0 Å². The van der Waals surface area contributed by atoms with Crippen LogP contribution in [0, 0.1) is 20.8 Å². The molecule has 0 spiro atoms. The first-order chi connectivity index (χ1) is 10.0. The van der Waals surface area contributed by atoms with Gasteiger partial charge in [-0.1, -0.05) is 6.07 Å². The summed E-state index contributed by atoms with van der Waals surface area (Å²) in [5.74, 6) is 0.640. The Kier molecular flexibility index (Phi) is 4.91. The van der Waals surface area contributed by atoms with Crippen LogP contribution in [-0.2, 0) is 6.54 Å². The van der Waals surface area contributed by atoms with Gasteiger partial charge < -0.3 is 10.1 Å². The number of nitrogens with one attached hydrogen (secondary N) is 1. The van der Waals surface area contributed by atoms with E-state index < -0.39 is 0 Å². The summed E-state index contributed by atoms with van der Waals surface area (Å²) in [5.41, 5.74) is 5.87. The molecule has 2 aromatic heterocycles. The molecular formula is C17H23N3O. The van der Waals surface area contributed by atoms with Crippen molar-refractivity contribution in [3.05, 3.63) is 52.5 Å². The van der Waals surface area contributed by atoms with Crippen molar-refractivity contribution in [3.63, 3.8) is 0 Å². The van der Waals surface area contributed by atoms with E-state index in [0.717, 1.165) is 23.5 Å². The number of rotatable bonds is 5. The third-order valence-electron chi connectivity index (χ3n) is 3.64. The van der Waals surface area contributed by atoms with Gasteiger partial charge in [-0.25, -0.2) is 4.98 Å². The van der Waals surface area contributed by atoms with Crippen molar-refractivity contribution in [2.24, 2.45) is 0 Å². The molecule has 0 fully saturated rings. The van der Waals surface area contributed by atoms with Crippen molar-refractivity contribution in [2.45, 2.75) is 40.3 Å². The normalized spacial score (nSPS) is 12.2. The lowest BCUT2D eigenvalue weighted by Gasteiger charge is -2.19. The van der Waals surface area contributed by atoms with Crippen LogP contribution in [0.25, 0.3) is 0 Å². The zero-order valence-corrected chi connectivity index (χ0v) is 13.4. The minimum Gasteiger partial charge on any atom is -0.481 e. The number of methoxy groups -OCH3 is 1. The molecule has 1 atom stereocenters. The molecule has 2 aromatic rings. The zero-order valence-electron chi connectivity index (χ0n) is 13.4. The minimum absolute atomic E-state index is 0.250. The van der Waals surface area contributed by atoms with Gasteiger partial charge in [0.1, 0.15) is 0 Å². The van der Waals surface area contributed by atoms with E-state index in [1.165, 1.54) is 11.1 Å². The summed E-state index contributed by atoms with van der Waals surface area (Å²) in [6, 6.07) is 6.29. The molecule has 0 amide bonds. The number of aryl methyl sites for hydroxylation is 3. The molecule has 0 aliphatic heterocycles. The monoisotopic (exact) mass is 285 g/mol. The summed E-state index contributed by atoms with van der Waals surface area (Å²) in [4.78, 5) is 8.78. The van der Waals surface area contributed by atoms with Gasteiger partial charge in [0.05, 0.1) is 7.11 Å². The Morgan fingerprint density at radius 1 is 1.24 bits per heavy atom. The van der Waals surface area contributed by atoms with E-state index in [1.54, 1.807) is 7.11 Å². The molecule has 1 N–H and O–H groups in total. The van der Waals surface area contributed by atoms with E-state index in [1.807, 2.05) is 25.3 Å². The Hall–Kier alpha value is -1.94. The molecule has 0 radical (unpaired) electrons. The van der Waals surface area contributed by atoms with Crippen LogP contribution in [0.1, 0.15) is 41.0 Å². The Balaban J connectivity index is 2.06. The molecule has 0 aromatic carbocycles. The van der Waals surface area contributed by atoms with Gasteiger partial charge in [0.2, 0.25) is 5.88 Å². The first-order valence-electron chi connectivity index (χ1n) is 7.18. The first-order valence-corrected chi connectivity index (χ1v) is 7.18. The molecule has 0 aliphatic carbocycles. The SMILES string of the molecule is COc1ccc(CNC(C)c2c(C)cc(C)nc2C)cn1. The van der Waals surface area contributed by atoms with E-state index in [0.29, 0.717) is 5.88 Å². The average molecular weight is 285 g/mol. The van der Waals surface area contributed by atoms with Gasteiger partial charge in [0, 0.05) is 36.2 Å². The Labute approximate surface area is 126 Å². The number of hydrogen-bond acceptors (Lipinski definition) is 4. The Bertz CT molecular complexity index is 585. The van der Waals surface area contributed by atoms with Crippen molar-refractivity contribution in [1.29, 1.82) is 0 Å². The van der Waals surface area contributed by atoms with Crippen molar-refractivity contribution in [2.75, 3.05) is 7.11 Å². The standard InChI is InChI=1S/C17H23N3O/c1-11-8-12(2)20-14(4)17(11)13(3)18-9-15-6-7-16(21-5)19-10-15/h6-8,10,13,18H,9H2,1-5H3. The lowest BCUT2D eigenvalue weighted by Crippen LogP contribution is -2.20. The molecule has 0 aliphatic rings. The third kappa shape index (κ3) is 3.79. The van der Waals surface area contributed by atoms with Gasteiger partial charge in [-0.05, 0) is 50.5 Å². The summed E-state index contributed by atoms with van der Waals surface area (Å²) in [6.45, 7) is 9.19. The fourth-order valence-corrected chi connectivity index (χ4v) is 2.70. The Morgan fingerprint density at radius 3 is 2.57 bits per heavy atom. The zero-order chi connectivity index (χ0) is 15.4. The summed E-state index contributed by atoms with van der Waals surface area (Å²) in [5, 5.41) is 3.53. The molecule has 21 heavy (non-hydrogen) atoms. The predicted molar refractivity (Wildman–Crippen MR) is 84.5 cm³/mol.